The van der Waals surface area contributed by atoms with Gasteiger partial charge in [0.25, 0.3) is 5.91 Å². The van der Waals surface area contributed by atoms with E-state index >= 15 is 0 Å². The van der Waals surface area contributed by atoms with Crippen LogP contribution in [0.2, 0.25) is 20.1 Å². The fraction of sp³-hybridized carbons (Fsp3) is 0.174. The number of ether oxygens (including phenoxy) is 1. The highest BCUT2D eigenvalue weighted by molar-refractivity contribution is 6.37. The minimum atomic E-state index is -0.371. The number of hydrogen-bond donors (Lipinski definition) is 1. The lowest BCUT2D eigenvalue weighted by Gasteiger charge is -2.09. The van der Waals surface area contributed by atoms with Gasteiger partial charge in [-0.1, -0.05) is 58.5 Å². The highest BCUT2D eigenvalue weighted by Crippen LogP contribution is 2.32. The number of anilines is 1. The van der Waals surface area contributed by atoms with Crippen LogP contribution >= 0.6 is 46.4 Å². The number of nitrogens with zero attached hydrogens (tertiary/aromatic N) is 4. The number of aromatic nitrogens is 4. The van der Waals surface area contributed by atoms with Crippen LogP contribution in [0.3, 0.4) is 0 Å². The van der Waals surface area contributed by atoms with E-state index in [-0.39, 0.29) is 18.3 Å². The number of benzene rings is 2. The van der Waals surface area contributed by atoms with Gasteiger partial charge in [0.15, 0.2) is 18.2 Å². The van der Waals surface area contributed by atoms with Crippen LogP contribution in [0.25, 0.3) is 0 Å². The molecule has 0 radical (unpaired) electrons. The lowest BCUT2D eigenvalue weighted by atomic mass is 10.2. The van der Waals surface area contributed by atoms with Crippen LogP contribution in [0.15, 0.2) is 48.7 Å². The van der Waals surface area contributed by atoms with Crippen molar-refractivity contribution in [3.05, 3.63) is 91.4 Å². The van der Waals surface area contributed by atoms with Crippen molar-refractivity contribution in [2.24, 2.45) is 0 Å². The van der Waals surface area contributed by atoms with Gasteiger partial charge in [-0.05, 0) is 49.7 Å². The second-order valence-electron chi connectivity index (χ2n) is 7.46. The molecule has 0 unspecified atom stereocenters. The summed E-state index contributed by atoms with van der Waals surface area (Å²) in [5.41, 5.74) is 3.16. The van der Waals surface area contributed by atoms with Crippen molar-refractivity contribution in [2.75, 3.05) is 5.32 Å². The van der Waals surface area contributed by atoms with Crippen LogP contribution in [0.5, 0.6) is 5.75 Å². The first-order valence-corrected chi connectivity index (χ1v) is 11.6. The Kier molecular flexibility index (Phi) is 7.38. The molecular weight excluding hydrogens is 520 g/mol. The van der Waals surface area contributed by atoms with Crippen molar-refractivity contribution >= 4 is 58.0 Å². The smallest absolute Gasteiger partial charge is 0.276 e. The molecule has 0 aliphatic carbocycles. The lowest BCUT2D eigenvalue weighted by Crippen LogP contribution is -2.15. The molecule has 0 fully saturated rings. The van der Waals surface area contributed by atoms with Gasteiger partial charge in [0, 0.05) is 16.2 Å². The fourth-order valence-corrected chi connectivity index (χ4v) is 4.30. The summed E-state index contributed by atoms with van der Waals surface area (Å²) in [5, 5.41) is 13.6. The fourth-order valence-electron chi connectivity index (χ4n) is 3.33. The molecule has 0 bridgehead atoms. The number of amides is 1. The van der Waals surface area contributed by atoms with E-state index in [0.717, 1.165) is 11.3 Å². The summed E-state index contributed by atoms with van der Waals surface area (Å²) in [6.45, 7) is 4.17. The third kappa shape index (κ3) is 5.33. The zero-order chi connectivity index (χ0) is 24.4. The average Bonchev–Trinajstić information content (AvgIpc) is 3.36. The van der Waals surface area contributed by atoms with E-state index < -0.39 is 0 Å². The second kappa shape index (κ2) is 10.3. The molecule has 0 spiro atoms. The normalized spacial score (nSPS) is 11.0. The van der Waals surface area contributed by atoms with Crippen LogP contribution in [-0.4, -0.2) is 25.5 Å². The van der Waals surface area contributed by atoms with Gasteiger partial charge in [0.05, 0.1) is 33.7 Å². The van der Waals surface area contributed by atoms with Gasteiger partial charge in [-0.15, -0.1) is 0 Å². The van der Waals surface area contributed by atoms with Crippen molar-refractivity contribution in [3.63, 3.8) is 0 Å². The number of aryl methyl sites for hydroxylation is 1. The van der Waals surface area contributed by atoms with Gasteiger partial charge in [0.2, 0.25) is 0 Å². The summed E-state index contributed by atoms with van der Waals surface area (Å²) in [4.78, 5) is 12.8. The van der Waals surface area contributed by atoms with Crippen molar-refractivity contribution in [1.29, 1.82) is 0 Å². The van der Waals surface area contributed by atoms with E-state index in [1.165, 1.54) is 4.68 Å². The molecule has 2 heterocycles. The van der Waals surface area contributed by atoms with E-state index in [1.54, 1.807) is 47.3 Å². The molecule has 0 saturated heterocycles. The molecule has 1 amide bonds. The summed E-state index contributed by atoms with van der Waals surface area (Å²) in [5.74, 6) is -0.0170. The van der Waals surface area contributed by atoms with Crippen LogP contribution in [0.4, 0.5) is 5.69 Å². The van der Waals surface area contributed by atoms with Crippen LogP contribution < -0.4 is 10.1 Å². The number of nitrogens with one attached hydrogen (secondary N) is 1. The summed E-state index contributed by atoms with van der Waals surface area (Å²) < 4.78 is 8.90. The largest absolute Gasteiger partial charge is 0.468 e. The molecule has 1 N–H and O–H groups in total. The van der Waals surface area contributed by atoms with Crippen molar-refractivity contribution in [1.82, 2.24) is 19.6 Å². The Hall–Kier alpha value is -2.71. The molecule has 4 aromatic rings. The summed E-state index contributed by atoms with van der Waals surface area (Å²) in [7, 11) is 0. The molecule has 176 valence electrons. The third-order valence-electron chi connectivity index (χ3n) is 5.09. The van der Waals surface area contributed by atoms with Crippen LogP contribution in [0, 0.1) is 13.8 Å². The molecule has 0 saturated carbocycles. The maximum Gasteiger partial charge on any atom is 0.276 e. The Balaban J connectivity index is 1.44. The number of hydrogen-bond acceptors (Lipinski definition) is 4. The molecule has 2 aromatic heterocycles. The quantitative estimate of drug-likeness (QED) is 0.286. The Morgan fingerprint density at radius 3 is 2.44 bits per heavy atom. The molecule has 34 heavy (non-hydrogen) atoms. The van der Waals surface area contributed by atoms with E-state index in [9.17, 15) is 4.79 Å². The lowest BCUT2D eigenvalue weighted by molar-refractivity contribution is 0.102. The second-order valence-corrected chi connectivity index (χ2v) is 9.12. The van der Waals surface area contributed by atoms with E-state index in [1.807, 2.05) is 19.9 Å². The summed E-state index contributed by atoms with van der Waals surface area (Å²) in [6, 6.07) is 12.0. The standard InChI is InChI=1S/C23H19Cl4N5O2/c1-13-21(14(2)32(29-13)11-15-6-7-16(24)10-19(15)27)28-23(33)20-8-9-31(30-20)12-34-22-17(25)4-3-5-18(22)26/h3-10H,11-12H2,1-2H3,(H,28,33). The predicted octanol–water partition coefficient (Wildman–Crippen LogP) is 6.65. The first-order chi connectivity index (χ1) is 16.2. The van der Waals surface area contributed by atoms with Gasteiger partial charge in [-0.25, -0.2) is 4.68 Å². The minimum Gasteiger partial charge on any atom is -0.468 e. The molecular formula is C23H19Cl4N5O2. The van der Waals surface area contributed by atoms with Gasteiger partial charge in [-0.2, -0.15) is 10.2 Å². The Labute approximate surface area is 216 Å². The Morgan fingerprint density at radius 1 is 1.00 bits per heavy atom. The van der Waals surface area contributed by atoms with Gasteiger partial charge in [0.1, 0.15) is 0 Å². The van der Waals surface area contributed by atoms with Crippen LogP contribution in [-0.2, 0) is 13.3 Å². The molecule has 4 rings (SSSR count). The monoisotopic (exact) mass is 537 g/mol. The van der Waals surface area contributed by atoms with Gasteiger partial charge >= 0.3 is 0 Å². The zero-order valence-corrected chi connectivity index (χ0v) is 21.2. The van der Waals surface area contributed by atoms with E-state index in [0.29, 0.717) is 43.8 Å². The van der Waals surface area contributed by atoms with E-state index in [4.69, 9.17) is 51.1 Å². The number of carbonyl (C=O) groups is 1. The maximum absolute atomic E-state index is 12.8. The number of halogens is 4. The highest BCUT2D eigenvalue weighted by atomic mass is 35.5. The van der Waals surface area contributed by atoms with Crippen molar-refractivity contribution < 1.29 is 9.53 Å². The first kappa shape index (κ1) is 24.4. The molecule has 11 heteroatoms. The summed E-state index contributed by atoms with van der Waals surface area (Å²) in [6.07, 6.45) is 1.63. The summed E-state index contributed by atoms with van der Waals surface area (Å²) >= 11 is 24.5. The molecule has 2 aromatic carbocycles. The van der Waals surface area contributed by atoms with E-state index in [2.05, 4.69) is 15.5 Å². The number of rotatable bonds is 7. The molecule has 7 nitrogen and oxygen atoms in total. The van der Waals surface area contributed by atoms with Crippen LogP contribution in [0.1, 0.15) is 27.4 Å². The Morgan fingerprint density at radius 2 is 1.74 bits per heavy atom. The SMILES string of the molecule is Cc1nn(Cc2ccc(Cl)cc2Cl)c(C)c1NC(=O)c1ccn(COc2c(Cl)cccc2Cl)n1. The number of para-hydroxylation sites is 1. The minimum absolute atomic E-state index is 0.0363. The zero-order valence-electron chi connectivity index (χ0n) is 18.2. The Bertz CT molecular complexity index is 1350. The van der Waals surface area contributed by atoms with Gasteiger partial charge in [-0.3, -0.25) is 9.48 Å². The molecule has 0 aliphatic heterocycles. The van der Waals surface area contributed by atoms with Gasteiger partial charge < -0.3 is 10.1 Å². The third-order valence-corrected chi connectivity index (χ3v) is 6.27. The van der Waals surface area contributed by atoms with Crippen molar-refractivity contribution in [2.45, 2.75) is 27.1 Å². The predicted molar refractivity (Wildman–Crippen MR) is 135 cm³/mol. The van der Waals surface area contributed by atoms with Crippen molar-refractivity contribution in [3.8, 4) is 5.75 Å². The molecule has 0 atom stereocenters. The topological polar surface area (TPSA) is 74.0 Å². The number of carbonyl (C=O) groups excluding carboxylic acids is 1. The highest BCUT2D eigenvalue weighted by Gasteiger charge is 2.18. The first-order valence-electron chi connectivity index (χ1n) is 10.1. The average molecular weight is 539 g/mol. The molecule has 0 aliphatic rings. The maximum atomic E-state index is 12.8.